The number of nitrogens with one attached hydrogen (secondary N) is 1. The van der Waals surface area contributed by atoms with Crippen molar-refractivity contribution >= 4 is 35.6 Å². The van der Waals surface area contributed by atoms with Gasteiger partial charge in [-0.2, -0.15) is 0 Å². The van der Waals surface area contributed by atoms with Crippen molar-refractivity contribution in [3.63, 3.8) is 0 Å². The molecule has 0 aliphatic heterocycles. The van der Waals surface area contributed by atoms with Crippen molar-refractivity contribution in [2.45, 2.75) is 33.7 Å². The molecule has 0 spiro atoms. The fourth-order valence-corrected chi connectivity index (χ4v) is 1.59. The van der Waals surface area contributed by atoms with Crippen molar-refractivity contribution in [3.05, 3.63) is 29.3 Å². The van der Waals surface area contributed by atoms with Gasteiger partial charge in [-0.1, -0.05) is 6.07 Å². The summed E-state index contributed by atoms with van der Waals surface area (Å²) < 4.78 is 0. The van der Waals surface area contributed by atoms with Gasteiger partial charge in [0.25, 0.3) is 0 Å². The zero-order chi connectivity index (χ0) is 14.4. The second-order valence-electron chi connectivity index (χ2n) is 5.27. The molecular weight excluding hydrogens is 363 g/mol. The van der Waals surface area contributed by atoms with Crippen LogP contribution < -0.4 is 11.1 Å². The van der Waals surface area contributed by atoms with Crippen LogP contribution in [0.25, 0.3) is 0 Å². The first-order valence-corrected chi connectivity index (χ1v) is 6.74. The number of benzene rings is 1. The van der Waals surface area contributed by atoms with Crippen LogP contribution >= 0.6 is 24.0 Å². The highest BCUT2D eigenvalue weighted by Gasteiger charge is 2.02. The molecule has 1 rings (SSSR count). The lowest BCUT2D eigenvalue weighted by Crippen LogP contribution is -2.30. The predicted octanol–water partition coefficient (Wildman–Crippen LogP) is 2.99. The summed E-state index contributed by atoms with van der Waals surface area (Å²) in [4.78, 5) is 6.58. The predicted molar refractivity (Wildman–Crippen MR) is 99.2 cm³/mol. The van der Waals surface area contributed by atoms with Crippen molar-refractivity contribution in [1.82, 2.24) is 4.90 Å². The Bertz CT molecular complexity index is 443. The van der Waals surface area contributed by atoms with Crippen molar-refractivity contribution in [2.24, 2.45) is 10.7 Å². The van der Waals surface area contributed by atoms with Gasteiger partial charge in [-0.25, -0.2) is 0 Å². The second-order valence-corrected chi connectivity index (χ2v) is 5.27. The molecule has 0 heterocycles. The monoisotopic (exact) mass is 390 g/mol. The van der Waals surface area contributed by atoms with Crippen molar-refractivity contribution in [1.29, 1.82) is 0 Å². The lowest BCUT2D eigenvalue weighted by Gasteiger charge is -2.19. The standard InChI is InChI=1S/C15H26N4.HI/c1-11(2)19(5)9-8-17-15(16)18-14-7-6-12(3)13(4)10-14;/h6-7,10-11H,8-9H2,1-5H3,(H3,16,17,18);1H. The summed E-state index contributed by atoms with van der Waals surface area (Å²) in [5.41, 5.74) is 9.39. The van der Waals surface area contributed by atoms with Gasteiger partial charge in [0.05, 0.1) is 6.54 Å². The number of guanidine groups is 1. The van der Waals surface area contributed by atoms with Crippen LogP contribution in [0, 0.1) is 13.8 Å². The highest BCUT2D eigenvalue weighted by Crippen LogP contribution is 2.13. The van der Waals surface area contributed by atoms with Gasteiger partial charge < -0.3 is 16.0 Å². The van der Waals surface area contributed by atoms with E-state index in [9.17, 15) is 0 Å². The molecule has 20 heavy (non-hydrogen) atoms. The summed E-state index contributed by atoms with van der Waals surface area (Å²) in [7, 11) is 2.09. The van der Waals surface area contributed by atoms with Gasteiger partial charge in [-0.3, -0.25) is 4.99 Å². The van der Waals surface area contributed by atoms with Gasteiger partial charge in [-0.15, -0.1) is 24.0 Å². The van der Waals surface area contributed by atoms with Gasteiger partial charge in [0.15, 0.2) is 5.96 Å². The molecule has 114 valence electrons. The molecule has 0 amide bonds. The number of hydrogen-bond donors (Lipinski definition) is 2. The number of aliphatic imine (C=N–C) groups is 1. The number of aryl methyl sites for hydroxylation is 2. The summed E-state index contributed by atoms with van der Waals surface area (Å²) in [6.45, 7) is 10.1. The van der Waals surface area contributed by atoms with E-state index in [0.29, 0.717) is 18.5 Å². The number of hydrogen-bond acceptors (Lipinski definition) is 2. The molecule has 0 atom stereocenters. The van der Waals surface area contributed by atoms with Crippen molar-refractivity contribution in [2.75, 3.05) is 25.5 Å². The minimum absolute atomic E-state index is 0. The first-order chi connectivity index (χ1) is 8.90. The average molecular weight is 390 g/mol. The molecule has 4 nitrogen and oxygen atoms in total. The van der Waals surface area contributed by atoms with E-state index in [4.69, 9.17) is 5.73 Å². The lowest BCUT2D eigenvalue weighted by atomic mass is 10.1. The van der Waals surface area contributed by atoms with Gasteiger partial charge >= 0.3 is 0 Å². The first kappa shape index (κ1) is 19.2. The Morgan fingerprint density at radius 2 is 1.95 bits per heavy atom. The van der Waals surface area contributed by atoms with E-state index in [1.54, 1.807) is 0 Å². The number of nitrogens with two attached hydrogens (primary N) is 1. The zero-order valence-electron chi connectivity index (χ0n) is 13.1. The van der Waals surface area contributed by atoms with E-state index in [1.165, 1.54) is 11.1 Å². The summed E-state index contributed by atoms with van der Waals surface area (Å²) in [6.07, 6.45) is 0. The van der Waals surface area contributed by atoms with Crippen molar-refractivity contribution in [3.8, 4) is 0 Å². The zero-order valence-corrected chi connectivity index (χ0v) is 15.4. The third kappa shape index (κ3) is 6.56. The van der Waals surface area contributed by atoms with E-state index < -0.39 is 0 Å². The van der Waals surface area contributed by atoms with Gasteiger partial charge in [-0.05, 0) is 58.0 Å². The van der Waals surface area contributed by atoms with E-state index in [1.807, 2.05) is 6.07 Å². The fourth-order valence-electron chi connectivity index (χ4n) is 1.59. The summed E-state index contributed by atoms with van der Waals surface area (Å²) >= 11 is 0. The molecule has 0 aliphatic carbocycles. The second kappa shape index (κ2) is 9.18. The molecule has 3 N–H and O–H groups in total. The van der Waals surface area contributed by atoms with Crippen LogP contribution in [0.4, 0.5) is 5.69 Å². The summed E-state index contributed by atoms with van der Waals surface area (Å²) in [6, 6.07) is 6.71. The molecular formula is C15H27IN4. The van der Waals surface area contributed by atoms with E-state index >= 15 is 0 Å². The van der Waals surface area contributed by atoms with Crippen LogP contribution in [0.1, 0.15) is 25.0 Å². The van der Waals surface area contributed by atoms with Crippen LogP contribution in [0.5, 0.6) is 0 Å². The highest BCUT2D eigenvalue weighted by molar-refractivity contribution is 14.0. The van der Waals surface area contributed by atoms with Gasteiger partial charge in [0.1, 0.15) is 0 Å². The first-order valence-electron chi connectivity index (χ1n) is 6.74. The normalized spacial score (nSPS) is 11.7. The van der Waals surface area contributed by atoms with Gasteiger partial charge in [0, 0.05) is 18.3 Å². The molecule has 1 aromatic rings. The molecule has 0 bridgehead atoms. The van der Waals surface area contributed by atoms with Crippen LogP contribution in [0.15, 0.2) is 23.2 Å². The Labute approximate surface area is 139 Å². The Kier molecular flexibility index (Phi) is 8.80. The quantitative estimate of drug-likeness (QED) is 0.462. The number of rotatable bonds is 5. The molecule has 0 aromatic heterocycles. The Morgan fingerprint density at radius 1 is 1.30 bits per heavy atom. The molecule has 5 heteroatoms. The number of halogens is 1. The number of nitrogens with zero attached hydrogens (tertiary/aromatic N) is 2. The maximum Gasteiger partial charge on any atom is 0.193 e. The average Bonchev–Trinajstić information content (AvgIpc) is 2.33. The summed E-state index contributed by atoms with van der Waals surface area (Å²) in [5, 5.41) is 3.12. The molecule has 0 saturated heterocycles. The minimum Gasteiger partial charge on any atom is -0.370 e. The highest BCUT2D eigenvalue weighted by atomic mass is 127. The molecule has 1 aromatic carbocycles. The Balaban J connectivity index is 0.00000361. The van der Waals surface area contributed by atoms with E-state index in [2.05, 4.69) is 62.1 Å². The smallest absolute Gasteiger partial charge is 0.193 e. The third-order valence-electron chi connectivity index (χ3n) is 3.40. The fraction of sp³-hybridized carbons (Fsp3) is 0.533. The van der Waals surface area contributed by atoms with Crippen molar-refractivity contribution < 1.29 is 0 Å². The molecule has 0 unspecified atom stereocenters. The maximum absolute atomic E-state index is 5.88. The van der Waals surface area contributed by atoms with Crippen LogP contribution in [-0.4, -0.2) is 37.0 Å². The molecule has 0 aliphatic rings. The van der Waals surface area contributed by atoms with E-state index in [-0.39, 0.29) is 24.0 Å². The lowest BCUT2D eigenvalue weighted by molar-refractivity contribution is 0.282. The van der Waals surface area contributed by atoms with E-state index in [0.717, 1.165) is 12.2 Å². The summed E-state index contributed by atoms with van der Waals surface area (Å²) in [5.74, 6) is 0.473. The Morgan fingerprint density at radius 3 is 2.50 bits per heavy atom. The van der Waals surface area contributed by atoms with Crippen LogP contribution in [0.2, 0.25) is 0 Å². The number of anilines is 1. The molecule has 0 saturated carbocycles. The topological polar surface area (TPSA) is 53.6 Å². The third-order valence-corrected chi connectivity index (χ3v) is 3.40. The maximum atomic E-state index is 5.88. The van der Waals surface area contributed by atoms with Crippen LogP contribution in [0.3, 0.4) is 0 Å². The molecule has 0 fully saturated rings. The van der Waals surface area contributed by atoms with Crippen LogP contribution in [-0.2, 0) is 0 Å². The number of likely N-dealkylation sites (N-methyl/N-ethyl adjacent to an activating group) is 1. The Hall–Kier alpha value is -0.820. The molecule has 0 radical (unpaired) electrons. The largest absolute Gasteiger partial charge is 0.370 e. The van der Waals surface area contributed by atoms with Gasteiger partial charge in [0.2, 0.25) is 0 Å². The minimum atomic E-state index is 0. The SMILES string of the molecule is Cc1ccc(NC(N)=NCCN(C)C(C)C)cc1C.I.